The average Bonchev–Trinajstić information content (AvgIpc) is 3.12. The van der Waals surface area contributed by atoms with E-state index in [1.807, 2.05) is 44.2 Å². The first-order valence-electron chi connectivity index (χ1n) is 10.00. The third-order valence-corrected chi connectivity index (χ3v) is 4.77. The summed E-state index contributed by atoms with van der Waals surface area (Å²) in [5.74, 6) is 1.53. The largest absolute Gasteiger partial charge is 0.490 e. The highest BCUT2D eigenvalue weighted by molar-refractivity contribution is 6.32. The zero-order chi connectivity index (χ0) is 22.0. The minimum Gasteiger partial charge on any atom is -0.490 e. The molecule has 0 saturated heterocycles. The van der Waals surface area contributed by atoms with Crippen LogP contribution in [0, 0.1) is 12.3 Å². The molecule has 0 aromatic heterocycles. The van der Waals surface area contributed by atoms with Crippen LogP contribution in [-0.2, 0) is 16.2 Å². The lowest BCUT2D eigenvalue weighted by Gasteiger charge is -2.23. The van der Waals surface area contributed by atoms with Crippen molar-refractivity contribution in [2.24, 2.45) is 4.99 Å². The van der Waals surface area contributed by atoms with Crippen molar-refractivity contribution in [2.45, 2.75) is 27.4 Å². The molecule has 7 heteroatoms. The monoisotopic (exact) mass is 417 g/mol. The molecule has 0 saturated carbocycles. The Morgan fingerprint density at radius 3 is 2.61 bits per heavy atom. The highest BCUT2D eigenvalue weighted by Crippen LogP contribution is 2.31. The van der Waals surface area contributed by atoms with Gasteiger partial charge in [0, 0.05) is 6.08 Å². The fourth-order valence-corrected chi connectivity index (χ4v) is 3.21. The molecule has 1 amide bonds. The fraction of sp³-hybridized carbons (Fsp3) is 0.208. The second-order valence-corrected chi connectivity index (χ2v) is 7.24. The Bertz CT molecular complexity index is 1130. The molecule has 2 aliphatic rings. The molecule has 0 spiro atoms. The van der Waals surface area contributed by atoms with Gasteiger partial charge in [-0.2, -0.15) is 4.99 Å². The van der Waals surface area contributed by atoms with Crippen molar-refractivity contribution in [3.05, 3.63) is 76.6 Å². The second-order valence-electron chi connectivity index (χ2n) is 7.24. The van der Waals surface area contributed by atoms with E-state index >= 15 is 0 Å². The number of hydrogen-bond acceptors (Lipinski definition) is 5. The number of allylic oxidation sites excluding steroid dienone is 1. The summed E-state index contributed by atoms with van der Waals surface area (Å²) in [6, 6.07) is 13.5. The number of fused-ring (bicyclic) bond motifs is 1. The molecule has 0 bridgehead atoms. The summed E-state index contributed by atoms with van der Waals surface area (Å²) in [7, 11) is 0. The average molecular weight is 417 g/mol. The zero-order valence-corrected chi connectivity index (χ0v) is 17.6. The smallest absolute Gasteiger partial charge is 0.282 e. The molecule has 2 aliphatic heterocycles. The normalized spacial score (nSPS) is 16.6. The van der Waals surface area contributed by atoms with Crippen LogP contribution in [0.5, 0.6) is 11.5 Å². The van der Waals surface area contributed by atoms with Crippen LogP contribution in [0.15, 0.2) is 64.9 Å². The quantitative estimate of drug-likeness (QED) is 0.703. The van der Waals surface area contributed by atoms with E-state index < -0.39 is 5.91 Å². The Labute approximate surface area is 180 Å². The molecule has 2 aromatic rings. The van der Waals surface area contributed by atoms with Gasteiger partial charge in [-0.05, 0) is 50.1 Å². The summed E-state index contributed by atoms with van der Waals surface area (Å²) in [4.78, 5) is 21.9. The van der Waals surface area contributed by atoms with Crippen molar-refractivity contribution >= 4 is 23.7 Å². The van der Waals surface area contributed by atoms with E-state index in [4.69, 9.17) is 19.7 Å². The van der Waals surface area contributed by atoms with Crippen LogP contribution in [-0.4, -0.2) is 29.2 Å². The van der Waals surface area contributed by atoms with Gasteiger partial charge < -0.3 is 14.3 Å². The van der Waals surface area contributed by atoms with Crippen LogP contribution >= 0.6 is 0 Å². The van der Waals surface area contributed by atoms with Crippen molar-refractivity contribution in [3.8, 4) is 11.5 Å². The van der Waals surface area contributed by atoms with Gasteiger partial charge in [0.1, 0.15) is 12.4 Å². The Hall–Kier alpha value is -3.87. The van der Waals surface area contributed by atoms with E-state index in [1.165, 1.54) is 10.6 Å². The number of carbonyl (C=O) groups is 1. The summed E-state index contributed by atoms with van der Waals surface area (Å²) in [5, 5.41) is 9.58. The molecule has 0 radical (unpaired) electrons. The molecule has 0 unspecified atom stereocenters. The third-order valence-electron chi connectivity index (χ3n) is 4.77. The van der Waals surface area contributed by atoms with Gasteiger partial charge in [-0.15, -0.1) is 5.06 Å². The molecule has 2 aromatic carbocycles. The number of nitrogens with zero attached hydrogens (tertiary/aromatic N) is 2. The summed E-state index contributed by atoms with van der Waals surface area (Å²) >= 11 is 0. The molecular weight excluding hydrogens is 394 g/mol. The van der Waals surface area contributed by atoms with Gasteiger partial charge in [0.25, 0.3) is 5.91 Å². The van der Waals surface area contributed by atoms with Gasteiger partial charge in [-0.1, -0.05) is 35.9 Å². The molecule has 0 aliphatic carbocycles. The lowest BCUT2D eigenvalue weighted by Crippen LogP contribution is -2.38. The van der Waals surface area contributed by atoms with Gasteiger partial charge in [-0.25, -0.2) is 0 Å². The Balaban J connectivity index is 1.57. The van der Waals surface area contributed by atoms with E-state index in [9.17, 15) is 4.79 Å². The van der Waals surface area contributed by atoms with Crippen molar-refractivity contribution in [2.75, 3.05) is 6.61 Å². The minimum atomic E-state index is -0.483. The molecule has 4 rings (SSSR count). The Kier molecular flexibility index (Phi) is 5.58. The molecule has 31 heavy (non-hydrogen) atoms. The number of amides is 1. The summed E-state index contributed by atoms with van der Waals surface area (Å²) in [6.45, 7) is 6.56. The topological polar surface area (TPSA) is 84.2 Å². The van der Waals surface area contributed by atoms with Crippen LogP contribution in [0.1, 0.15) is 30.5 Å². The van der Waals surface area contributed by atoms with Crippen molar-refractivity contribution in [3.63, 3.8) is 0 Å². The number of hydrogen-bond donors (Lipinski definition) is 1. The zero-order valence-electron chi connectivity index (χ0n) is 17.6. The van der Waals surface area contributed by atoms with E-state index in [1.54, 1.807) is 31.2 Å². The predicted octanol–water partition coefficient (Wildman–Crippen LogP) is 4.42. The highest BCUT2D eigenvalue weighted by atomic mass is 16.7. The van der Waals surface area contributed by atoms with Crippen molar-refractivity contribution in [1.82, 2.24) is 5.06 Å². The van der Waals surface area contributed by atoms with Crippen molar-refractivity contribution in [1.29, 1.82) is 5.41 Å². The van der Waals surface area contributed by atoms with Crippen LogP contribution in [0.2, 0.25) is 0 Å². The number of carbonyl (C=O) groups excluding carboxylic acids is 1. The second kappa shape index (κ2) is 8.47. The van der Waals surface area contributed by atoms with Crippen molar-refractivity contribution < 1.29 is 19.1 Å². The number of ether oxygens (including phenoxy) is 2. The molecule has 2 heterocycles. The number of hydroxylamine groups is 2. The number of amidine groups is 2. The molecule has 0 fully saturated rings. The van der Waals surface area contributed by atoms with Gasteiger partial charge in [0.2, 0.25) is 0 Å². The predicted molar refractivity (Wildman–Crippen MR) is 118 cm³/mol. The maximum Gasteiger partial charge on any atom is 0.282 e. The van der Waals surface area contributed by atoms with E-state index in [0.717, 1.165) is 5.56 Å². The van der Waals surface area contributed by atoms with Crippen LogP contribution < -0.4 is 9.47 Å². The fourth-order valence-electron chi connectivity index (χ4n) is 3.21. The first-order valence-corrected chi connectivity index (χ1v) is 10.00. The molecular formula is C24H23N3O4. The SMILES string of the molecule is CCOc1cc(/C=C2\C(=N)N3OC(C)=CC3=NC2=O)ccc1OCc1ccc(C)cc1. The van der Waals surface area contributed by atoms with Gasteiger partial charge >= 0.3 is 0 Å². The molecule has 7 nitrogen and oxygen atoms in total. The lowest BCUT2D eigenvalue weighted by molar-refractivity contribution is -0.114. The molecule has 158 valence electrons. The maximum atomic E-state index is 12.5. The first kappa shape index (κ1) is 20.4. The van der Waals surface area contributed by atoms with Crippen LogP contribution in [0.25, 0.3) is 6.08 Å². The summed E-state index contributed by atoms with van der Waals surface area (Å²) in [6.07, 6.45) is 3.23. The molecule has 0 atom stereocenters. The van der Waals surface area contributed by atoms with Gasteiger partial charge in [0.15, 0.2) is 23.2 Å². The molecule has 1 N–H and O–H groups in total. The van der Waals surface area contributed by atoms with Gasteiger partial charge in [-0.3, -0.25) is 10.2 Å². The number of nitrogens with one attached hydrogen (secondary N) is 1. The van der Waals surface area contributed by atoms with Crippen LogP contribution in [0.3, 0.4) is 0 Å². The van der Waals surface area contributed by atoms with Gasteiger partial charge in [0.05, 0.1) is 12.2 Å². The number of aryl methyl sites for hydroxylation is 1. The lowest BCUT2D eigenvalue weighted by atomic mass is 10.1. The first-order chi connectivity index (χ1) is 14.9. The number of benzene rings is 2. The summed E-state index contributed by atoms with van der Waals surface area (Å²) in [5.41, 5.74) is 3.09. The van der Waals surface area contributed by atoms with Crippen LogP contribution in [0.4, 0.5) is 0 Å². The summed E-state index contributed by atoms with van der Waals surface area (Å²) < 4.78 is 11.7. The highest BCUT2D eigenvalue weighted by Gasteiger charge is 2.34. The van der Waals surface area contributed by atoms with E-state index in [-0.39, 0.29) is 11.4 Å². The third kappa shape index (κ3) is 4.35. The Morgan fingerprint density at radius 2 is 1.87 bits per heavy atom. The number of rotatable bonds is 6. The number of aliphatic imine (C=N–C) groups is 1. The maximum absolute atomic E-state index is 12.5. The Morgan fingerprint density at radius 1 is 1.10 bits per heavy atom. The minimum absolute atomic E-state index is 0.0549. The standard InChI is InChI=1S/C24H23N3O4/c1-4-29-21-13-18(9-10-20(21)30-14-17-7-5-15(2)6-8-17)12-19-23(25)27-22(26-24(19)28)11-16(3)31-27/h5-13,25H,4,14H2,1-3H3/b19-12+,25-23?. The van der Waals surface area contributed by atoms with E-state index in [2.05, 4.69) is 4.99 Å². The van der Waals surface area contributed by atoms with E-state index in [0.29, 0.717) is 41.9 Å².